The molecular formula is C13H19NO. The second kappa shape index (κ2) is 5.17. The molecule has 15 heavy (non-hydrogen) atoms. The summed E-state index contributed by atoms with van der Waals surface area (Å²) in [5.74, 6) is 1.86. The molecule has 1 aliphatic rings. The van der Waals surface area contributed by atoms with E-state index in [1.807, 2.05) is 12.1 Å². The van der Waals surface area contributed by atoms with Crippen molar-refractivity contribution < 1.29 is 4.74 Å². The molecule has 0 unspecified atom stereocenters. The number of hydrogen-bond donors (Lipinski definition) is 1. The summed E-state index contributed by atoms with van der Waals surface area (Å²) < 4.78 is 5.12. The summed E-state index contributed by atoms with van der Waals surface area (Å²) in [5, 5.41) is 3.50. The Morgan fingerprint density at radius 1 is 1.27 bits per heavy atom. The Morgan fingerprint density at radius 3 is 2.53 bits per heavy atom. The molecule has 0 spiro atoms. The smallest absolute Gasteiger partial charge is 0.118 e. The number of hydrogen-bond acceptors (Lipinski definition) is 2. The minimum absolute atomic E-state index is 0.928. The van der Waals surface area contributed by atoms with Crippen LogP contribution in [0.3, 0.4) is 0 Å². The zero-order valence-corrected chi connectivity index (χ0v) is 9.33. The lowest BCUT2D eigenvalue weighted by molar-refractivity contribution is 0.301. The molecule has 0 aliphatic heterocycles. The lowest BCUT2D eigenvalue weighted by Crippen LogP contribution is -2.26. The normalized spacial score (nSPS) is 16.1. The first kappa shape index (κ1) is 10.5. The molecule has 0 atom stereocenters. The summed E-state index contributed by atoms with van der Waals surface area (Å²) in [6, 6.07) is 8.26. The lowest BCUT2D eigenvalue weighted by Gasteiger charge is -2.25. The average molecular weight is 205 g/mol. The van der Waals surface area contributed by atoms with Gasteiger partial charge >= 0.3 is 0 Å². The molecule has 1 aromatic carbocycles. The SMILES string of the molecule is COc1ccc(CNCC2CCC2)cc1. The van der Waals surface area contributed by atoms with Gasteiger partial charge in [0, 0.05) is 6.54 Å². The maximum atomic E-state index is 5.12. The second-order valence-electron chi connectivity index (χ2n) is 4.28. The van der Waals surface area contributed by atoms with Crippen molar-refractivity contribution in [1.82, 2.24) is 5.32 Å². The van der Waals surface area contributed by atoms with E-state index in [0.717, 1.165) is 18.2 Å². The Balaban J connectivity index is 1.72. The fraction of sp³-hybridized carbons (Fsp3) is 0.538. The molecule has 82 valence electrons. The number of nitrogens with one attached hydrogen (secondary N) is 1. The van der Waals surface area contributed by atoms with E-state index in [4.69, 9.17) is 4.74 Å². The van der Waals surface area contributed by atoms with Crippen LogP contribution >= 0.6 is 0 Å². The molecule has 0 radical (unpaired) electrons. The van der Waals surface area contributed by atoms with E-state index in [-0.39, 0.29) is 0 Å². The number of methoxy groups -OCH3 is 1. The minimum Gasteiger partial charge on any atom is -0.497 e. The summed E-state index contributed by atoms with van der Waals surface area (Å²) in [4.78, 5) is 0. The van der Waals surface area contributed by atoms with Crippen LogP contribution in [0.1, 0.15) is 24.8 Å². The highest BCUT2D eigenvalue weighted by Gasteiger charge is 2.16. The fourth-order valence-corrected chi connectivity index (χ4v) is 1.86. The Hall–Kier alpha value is -1.02. The van der Waals surface area contributed by atoms with Crippen LogP contribution in [0.15, 0.2) is 24.3 Å². The molecule has 1 aliphatic carbocycles. The molecule has 2 nitrogen and oxygen atoms in total. The van der Waals surface area contributed by atoms with Gasteiger partial charge in [-0.15, -0.1) is 0 Å². The highest BCUT2D eigenvalue weighted by atomic mass is 16.5. The second-order valence-corrected chi connectivity index (χ2v) is 4.28. The zero-order chi connectivity index (χ0) is 10.5. The van der Waals surface area contributed by atoms with E-state index in [9.17, 15) is 0 Å². The van der Waals surface area contributed by atoms with Crippen LogP contribution in [0.2, 0.25) is 0 Å². The Morgan fingerprint density at radius 2 is 2.00 bits per heavy atom. The standard InChI is InChI=1S/C13H19NO/c1-15-13-7-5-12(6-8-13)10-14-9-11-3-2-4-11/h5-8,11,14H,2-4,9-10H2,1H3. The maximum absolute atomic E-state index is 5.12. The molecule has 1 aromatic rings. The molecule has 1 fully saturated rings. The summed E-state index contributed by atoms with van der Waals surface area (Å²) in [5.41, 5.74) is 1.33. The van der Waals surface area contributed by atoms with E-state index < -0.39 is 0 Å². The van der Waals surface area contributed by atoms with Crippen molar-refractivity contribution in [2.75, 3.05) is 13.7 Å². The van der Waals surface area contributed by atoms with E-state index in [1.54, 1.807) is 7.11 Å². The summed E-state index contributed by atoms with van der Waals surface area (Å²) in [6.45, 7) is 2.15. The van der Waals surface area contributed by atoms with Crippen LogP contribution in [0.25, 0.3) is 0 Å². The summed E-state index contributed by atoms with van der Waals surface area (Å²) >= 11 is 0. The lowest BCUT2D eigenvalue weighted by atomic mass is 9.85. The predicted molar refractivity (Wildman–Crippen MR) is 62.0 cm³/mol. The average Bonchev–Trinajstić information content (AvgIpc) is 2.23. The van der Waals surface area contributed by atoms with E-state index in [0.29, 0.717) is 0 Å². The largest absolute Gasteiger partial charge is 0.497 e. The van der Waals surface area contributed by atoms with Gasteiger partial charge in [0.2, 0.25) is 0 Å². The van der Waals surface area contributed by atoms with Crippen molar-refractivity contribution in [2.24, 2.45) is 5.92 Å². The number of ether oxygens (including phenoxy) is 1. The van der Waals surface area contributed by atoms with Crippen molar-refractivity contribution in [3.63, 3.8) is 0 Å². The first-order valence-electron chi connectivity index (χ1n) is 5.72. The predicted octanol–water partition coefficient (Wildman–Crippen LogP) is 2.58. The van der Waals surface area contributed by atoms with Crippen LogP contribution in [0, 0.1) is 5.92 Å². The molecule has 2 rings (SSSR count). The van der Waals surface area contributed by atoms with Crippen molar-refractivity contribution in [3.05, 3.63) is 29.8 Å². The van der Waals surface area contributed by atoms with Gasteiger partial charge in [0.15, 0.2) is 0 Å². The molecule has 1 N–H and O–H groups in total. The molecular weight excluding hydrogens is 186 g/mol. The first-order valence-corrected chi connectivity index (χ1v) is 5.72. The third kappa shape index (κ3) is 2.96. The van der Waals surface area contributed by atoms with Crippen LogP contribution in [0.4, 0.5) is 0 Å². The first-order chi connectivity index (χ1) is 7.38. The number of rotatable bonds is 5. The van der Waals surface area contributed by atoms with Crippen LogP contribution in [-0.4, -0.2) is 13.7 Å². The van der Waals surface area contributed by atoms with E-state index >= 15 is 0 Å². The van der Waals surface area contributed by atoms with Crippen molar-refractivity contribution >= 4 is 0 Å². The molecule has 0 bridgehead atoms. The zero-order valence-electron chi connectivity index (χ0n) is 9.33. The molecule has 0 aromatic heterocycles. The van der Waals surface area contributed by atoms with Crippen LogP contribution in [-0.2, 0) is 6.54 Å². The Labute approximate surface area is 91.6 Å². The number of benzene rings is 1. The molecule has 0 amide bonds. The topological polar surface area (TPSA) is 21.3 Å². The van der Waals surface area contributed by atoms with Crippen molar-refractivity contribution in [3.8, 4) is 5.75 Å². The maximum Gasteiger partial charge on any atom is 0.118 e. The molecule has 0 heterocycles. The summed E-state index contributed by atoms with van der Waals surface area (Å²) in [6.07, 6.45) is 4.25. The Kier molecular flexibility index (Phi) is 3.62. The van der Waals surface area contributed by atoms with Crippen molar-refractivity contribution in [1.29, 1.82) is 0 Å². The highest BCUT2D eigenvalue weighted by Crippen LogP contribution is 2.25. The molecule has 0 saturated heterocycles. The Bertz CT molecular complexity index is 290. The van der Waals surface area contributed by atoms with Gasteiger partial charge in [0.1, 0.15) is 5.75 Å². The van der Waals surface area contributed by atoms with Gasteiger partial charge in [0.05, 0.1) is 7.11 Å². The monoisotopic (exact) mass is 205 g/mol. The van der Waals surface area contributed by atoms with Gasteiger partial charge in [-0.05, 0) is 43.0 Å². The van der Waals surface area contributed by atoms with Crippen LogP contribution in [0.5, 0.6) is 5.75 Å². The van der Waals surface area contributed by atoms with E-state index in [1.165, 1.54) is 31.4 Å². The third-order valence-electron chi connectivity index (χ3n) is 3.15. The van der Waals surface area contributed by atoms with Gasteiger partial charge in [0.25, 0.3) is 0 Å². The van der Waals surface area contributed by atoms with E-state index in [2.05, 4.69) is 17.4 Å². The van der Waals surface area contributed by atoms with Gasteiger partial charge in [-0.3, -0.25) is 0 Å². The molecule has 1 saturated carbocycles. The quantitative estimate of drug-likeness (QED) is 0.797. The van der Waals surface area contributed by atoms with Gasteiger partial charge < -0.3 is 10.1 Å². The summed E-state index contributed by atoms with van der Waals surface area (Å²) in [7, 11) is 1.70. The molecule has 2 heteroatoms. The third-order valence-corrected chi connectivity index (χ3v) is 3.15. The van der Waals surface area contributed by atoms with Gasteiger partial charge in [-0.25, -0.2) is 0 Å². The fourth-order valence-electron chi connectivity index (χ4n) is 1.86. The van der Waals surface area contributed by atoms with Gasteiger partial charge in [-0.2, -0.15) is 0 Å². The highest BCUT2D eigenvalue weighted by molar-refractivity contribution is 5.26. The van der Waals surface area contributed by atoms with Crippen LogP contribution < -0.4 is 10.1 Å². The van der Waals surface area contributed by atoms with Crippen molar-refractivity contribution in [2.45, 2.75) is 25.8 Å². The van der Waals surface area contributed by atoms with Gasteiger partial charge in [-0.1, -0.05) is 18.6 Å². The minimum atomic E-state index is 0.928.